The van der Waals surface area contributed by atoms with Gasteiger partial charge in [-0.1, -0.05) is 20.8 Å². The third kappa shape index (κ3) is 3.98. The molecule has 1 amide bonds. The Morgan fingerprint density at radius 1 is 0.800 bits per heavy atom. The summed E-state index contributed by atoms with van der Waals surface area (Å²) in [5, 5.41) is 0. The lowest BCUT2D eigenvalue weighted by molar-refractivity contribution is -0.125. The van der Waals surface area contributed by atoms with Crippen LogP contribution in [0.2, 0.25) is 0 Å². The third-order valence-electron chi connectivity index (χ3n) is 5.69. The number of ether oxygens (including phenoxy) is 1. The highest BCUT2D eigenvalue weighted by atomic mass is 16.5. The van der Waals surface area contributed by atoms with Gasteiger partial charge in [0.15, 0.2) is 11.5 Å². The van der Waals surface area contributed by atoms with Crippen LogP contribution in [0.4, 0.5) is 22.7 Å². The summed E-state index contributed by atoms with van der Waals surface area (Å²) in [4.78, 5) is 19.8. The summed E-state index contributed by atoms with van der Waals surface area (Å²) in [6.45, 7) is 18.1. The second kappa shape index (κ2) is 8.58. The van der Waals surface area contributed by atoms with Crippen LogP contribution in [0.1, 0.15) is 48.5 Å². The zero-order chi connectivity index (χ0) is 22.1. The normalized spacial score (nSPS) is 12.7. The Labute approximate surface area is 181 Å². The van der Waals surface area contributed by atoms with E-state index in [1.54, 1.807) is 0 Å². The molecule has 0 unspecified atom stereocenters. The first-order valence-electron chi connectivity index (χ1n) is 11.0. The molecule has 0 saturated carbocycles. The van der Waals surface area contributed by atoms with Crippen molar-refractivity contribution in [3.05, 3.63) is 36.4 Å². The summed E-state index contributed by atoms with van der Waals surface area (Å²) in [6.07, 6.45) is 0. The van der Waals surface area contributed by atoms with Crippen LogP contribution < -0.4 is 19.4 Å². The van der Waals surface area contributed by atoms with Crippen LogP contribution in [0.5, 0.6) is 11.5 Å². The molecular formula is C25H35N3O2. The van der Waals surface area contributed by atoms with E-state index in [9.17, 15) is 4.79 Å². The zero-order valence-electron chi connectivity index (χ0n) is 19.5. The smallest absolute Gasteiger partial charge is 0.237 e. The number of hydrogen-bond acceptors (Lipinski definition) is 4. The number of carbonyl (C=O) groups is 1. The van der Waals surface area contributed by atoms with Gasteiger partial charge in [0.05, 0.1) is 11.4 Å². The molecule has 2 aromatic carbocycles. The maximum Gasteiger partial charge on any atom is 0.237 e. The predicted molar refractivity (Wildman–Crippen MR) is 127 cm³/mol. The number of hydrogen-bond donors (Lipinski definition) is 0. The van der Waals surface area contributed by atoms with E-state index in [2.05, 4.69) is 61.8 Å². The van der Waals surface area contributed by atoms with Crippen molar-refractivity contribution in [3.63, 3.8) is 0 Å². The molecule has 0 N–H and O–H groups in total. The molecule has 0 fully saturated rings. The number of nitrogens with zero attached hydrogens (tertiary/aromatic N) is 3. The monoisotopic (exact) mass is 409 g/mol. The summed E-state index contributed by atoms with van der Waals surface area (Å²) in [6, 6.07) is 12.3. The summed E-state index contributed by atoms with van der Waals surface area (Å²) < 4.78 is 6.38. The average Bonchev–Trinajstić information content (AvgIpc) is 2.72. The minimum Gasteiger partial charge on any atom is -0.453 e. The first-order chi connectivity index (χ1) is 14.2. The van der Waals surface area contributed by atoms with Crippen molar-refractivity contribution >= 4 is 28.7 Å². The molecule has 2 aromatic rings. The first-order valence-corrected chi connectivity index (χ1v) is 11.0. The molecule has 0 aromatic heterocycles. The second-order valence-corrected chi connectivity index (χ2v) is 8.64. The Morgan fingerprint density at radius 3 is 1.53 bits per heavy atom. The van der Waals surface area contributed by atoms with Gasteiger partial charge in [0.2, 0.25) is 5.91 Å². The molecule has 3 rings (SSSR count). The van der Waals surface area contributed by atoms with E-state index < -0.39 is 5.41 Å². The predicted octanol–water partition coefficient (Wildman–Crippen LogP) is 6.20. The fourth-order valence-corrected chi connectivity index (χ4v) is 3.91. The molecular weight excluding hydrogens is 374 g/mol. The van der Waals surface area contributed by atoms with Gasteiger partial charge in [-0.3, -0.25) is 9.69 Å². The van der Waals surface area contributed by atoms with E-state index in [4.69, 9.17) is 4.74 Å². The lowest BCUT2D eigenvalue weighted by Gasteiger charge is -2.36. The number of benzene rings is 2. The van der Waals surface area contributed by atoms with Crippen molar-refractivity contribution in [2.75, 3.05) is 40.9 Å². The van der Waals surface area contributed by atoms with E-state index in [1.165, 1.54) is 0 Å². The van der Waals surface area contributed by atoms with Gasteiger partial charge in [-0.2, -0.15) is 0 Å². The Kier molecular flexibility index (Phi) is 6.30. The van der Waals surface area contributed by atoms with E-state index in [1.807, 2.05) is 37.8 Å². The summed E-state index contributed by atoms with van der Waals surface area (Å²) in [7, 11) is 0. The van der Waals surface area contributed by atoms with Crippen molar-refractivity contribution in [1.29, 1.82) is 0 Å². The minimum atomic E-state index is -0.513. The number of anilines is 4. The van der Waals surface area contributed by atoms with E-state index in [-0.39, 0.29) is 5.91 Å². The highest BCUT2D eigenvalue weighted by Gasteiger charge is 2.35. The van der Waals surface area contributed by atoms with Gasteiger partial charge >= 0.3 is 0 Å². The van der Waals surface area contributed by atoms with Crippen LogP contribution in [-0.4, -0.2) is 32.1 Å². The van der Waals surface area contributed by atoms with Crippen LogP contribution >= 0.6 is 0 Å². The largest absolute Gasteiger partial charge is 0.453 e. The van der Waals surface area contributed by atoms with Crippen LogP contribution in [-0.2, 0) is 4.79 Å². The van der Waals surface area contributed by atoms with Gasteiger partial charge in [0.25, 0.3) is 0 Å². The van der Waals surface area contributed by atoms with Crippen LogP contribution in [0, 0.1) is 5.41 Å². The summed E-state index contributed by atoms with van der Waals surface area (Å²) in [5.74, 6) is 1.50. The number of carbonyl (C=O) groups excluding carboxylic acids is 1. The molecule has 5 heteroatoms. The molecule has 0 aliphatic carbocycles. The maximum absolute atomic E-state index is 13.5. The summed E-state index contributed by atoms with van der Waals surface area (Å²) in [5.41, 5.74) is 3.29. The molecule has 0 radical (unpaired) electrons. The standard InChI is InChI=1S/C25H35N3O2/c1-8-26(9-2)18-12-14-20-22(16-18)30-23-17-19(27(10-3)11-4)13-15-21(23)28(20)24(29)25(5,6)7/h12-17H,8-11H2,1-7H3. The first kappa shape index (κ1) is 22.0. The van der Waals surface area contributed by atoms with Gasteiger partial charge < -0.3 is 14.5 Å². The SMILES string of the molecule is CCN(CC)c1ccc2c(c1)Oc1cc(N(CC)CC)ccc1N2C(=O)C(C)(C)C. The van der Waals surface area contributed by atoms with Crippen molar-refractivity contribution in [2.24, 2.45) is 5.41 Å². The van der Waals surface area contributed by atoms with E-state index in [0.717, 1.165) is 60.4 Å². The van der Waals surface area contributed by atoms with Crippen molar-refractivity contribution < 1.29 is 9.53 Å². The molecule has 162 valence electrons. The number of rotatable bonds is 6. The van der Waals surface area contributed by atoms with Gasteiger partial charge in [0.1, 0.15) is 0 Å². The molecule has 0 spiro atoms. The van der Waals surface area contributed by atoms with Gasteiger partial charge in [-0.25, -0.2) is 0 Å². The Balaban J connectivity index is 2.15. The fourth-order valence-electron chi connectivity index (χ4n) is 3.91. The molecule has 1 aliphatic rings. The van der Waals surface area contributed by atoms with E-state index >= 15 is 0 Å². The molecule has 5 nitrogen and oxygen atoms in total. The molecule has 30 heavy (non-hydrogen) atoms. The van der Waals surface area contributed by atoms with Gasteiger partial charge in [-0.15, -0.1) is 0 Å². The Hall–Kier alpha value is -2.69. The lowest BCUT2D eigenvalue weighted by Crippen LogP contribution is -2.37. The Bertz CT molecular complexity index is 848. The lowest BCUT2D eigenvalue weighted by atomic mass is 9.93. The highest BCUT2D eigenvalue weighted by molar-refractivity contribution is 6.07. The van der Waals surface area contributed by atoms with Crippen LogP contribution in [0.15, 0.2) is 36.4 Å². The topological polar surface area (TPSA) is 36.0 Å². The molecule has 1 aliphatic heterocycles. The van der Waals surface area contributed by atoms with E-state index in [0.29, 0.717) is 0 Å². The third-order valence-corrected chi connectivity index (χ3v) is 5.69. The molecule has 0 saturated heterocycles. The molecule has 0 bridgehead atoms. The van der Waals surface area contributed by atoms with Crippen molar-refractivity contribution in [1.82, 2.24) is 0 Å². The summed E-state index contributed by atoms with van der Waals surface area (Å²) >= 11 is 0. The van der Waals surface area contributed by atoms with Crippen molar-refractivity contribution in [3.8, 4) is 11.5 Å². The average molecular weight is 410 g/mol. The number of amides is 1. The van der Waals surface area contributed by atoms with Crippen LogP contribution in [0.3, 0.4) is 0 Å². The van der Waals surface area contributed by atoms with Crippen molar-refractivity contribution in [2.45, 2.75) is 48.5 Å². The van der Waals surface area contributed by atoms with Gasteiger partial charge in [0, 0.05) is 55.1 Å². The quantitative estimate of drug-likeness (QED) is 0.569. The number of fused-ring (bicyclic) bond motifs is 2. The second-order valence-electron chi connectivity index (χ2n) is 8.64. The fraction of sp³-hybridized carbons (Fsp3) is 0.480. The zero-order valence-corrected chi connectivity index (χ0v) is 19.5. The minimum absolute atomic E-state index is 0.0551. The van der Waals surface area contributed by atoms with Gasteiger partial charge in [-0.05, 0) is 52.0 Å². The Morgan fingerprint density at radius 2 is 1.20 bits per heavy atom. The molecule has 0 atom stereocenters. The molecule has 1 heterocycles. The highest BCUT2D eigenvalue weighted by Crippen LogP contribution is 2.50. The maximum atomic E-state index is 13.5. The van der Waals surface area contributed by atoms with Crippen LogP contribution in [0.25, 0.3) is 0 Å².